The van der Waals surface area contributed by atoms with E-state index in [-0.39, 0.29) is 11.7 Å². The second kappa shape index (κ2) is 5.36. The smallest absolute Gasteiger partial charge is 0.255 e. The summed E-state index contributed by atoms with van der Waals surface area (Å²) in [6.45, 7) is 3.43. The maximum atomic E-state index is 13.1. The Morgan fingerprint density at radius 3 is 2.63 bits per heavy atom. The lowest BCUT2D eigenvalue weighted by atomic mass is 10.1. The lowest BCUT2D eigenvalue weighted by molar-refractivity contribution is 0.102. The molecule has 3 nitrogen and oxygen atoms in total. The number of anilines is 1. The normalized spacial score (nSPS) is 10.3. The van der Waals surface area contributed by atoms with Crippen LogP contribution in [-0.4, -0.2) is 10.9 Å². The first kappa shape index (κ1) is 13.5. The summed E-state index contributed by atoms with van der Waals surface area (Å²) in [5, 5.41) is 3.09. The number of hydrogen-bond donors (Lipinski definition) is 1. The van der Waals surface area contributed by atoms with Crippen LogP contribution in [-0.2, 0) is 0 Å². The molecule has 2 aromatic rings. The average Bonchev–Trinajstić information content (AvgIpc) is 2.36. The van der Waals surface area contributed by atoms with Gasteiger partial charge in [0, 0.05) is 5.56 Å². The molecule has 1 aromatic heterocycles. The van der Waals surface area contributed by atoms with E-state index in [0.29, 0.717) is 22.0 Å². The molecule has 0 spiro atoms. The Morgan fingerprint density at radius 1 is 1.26 bits per heavy atom. The summed E-state index contributed by atoms with van der Waals surface area (Å²) < 4.78 is 13.1. The van der Waals surface area contributed by atoms with Crippen molar-refractivity contribution in [3.05, 3.63) is 58.1 Å². The van der Waals surface area contributed by atoms with Crippen LogP contribution in [0.15, 0.2) is 30.5 Å². The van der Waals surface area contributed by atoms with Crippen LogP contribution in [0.3, 0.4) is 0 Å². The molecule has 0 saturated heterocycles. The predicted octanol–water partition coefficient (Wildman–Crippen LogP) is 3.74. The first-order valence-electron chi connectivity index (χ1n) is 5.67. The number of aromatic nitrogens is 1. The van der Waals surface area contributed by atoms with E-state index < -0.39 is 0 Å². The summed E-state index contributed by atoms with van der Waals surface area (Å²) >= 11 is 5.74. The van der Waals surface area contributed by atoms with Crippen molar-refractivity contribution in [2.75, 3.05) is 5.32 Å². The summed E-state index contributed by atoms with van der Waals surface area (Å²) in [5.41, 5.74) is 2.22. The fraction of sp³-hybridized carbons (Fsp3) is 0.143. The van der Waals surface area contributed by atoms with Crippen LogP contribution in [0.5, 0.6) is 0 Å². The molecular weight excluding hydrogens is 267 g/mol. The molecule has 1 aromatic carbocycles. The highest BCUT2D eigenvalue weighted by molar-refractivity contribution is 6.29. The Kier molecular flexibility index (Phi) is 3.81. The molecule has 19 heavy (non-hydrogen) atoms. The fourth-order valence-electron chi connectivity index (χ4n) is 1.63. The van der Waals surface area contributed by atoms with Crippen LogP contribution in [0.2, 0.25) is 5.15 Å². The predicted molar refractivity (Wildman–Crippen MR) is 73.1 cm³/mol. The maximum absolute atomic E-state index is 13.1. The molecule has 0 aliphatic rings. The van der Waals surface area contributed by atoms with Gasteiger partial charge in [0.05, 0.1) is 11.9 Å². The summed E-state index contributed by atoms with van der Waals surface area (Å²) in [4.78, 5) is 15.9. The Bertz CT molecular complexity index is 643. The van der Waals surface area contributed by atoms with Crippen molar-refractivity contribution in [2.24, 2.45) is 0 Å². The summed E-state index contributed by atoms with van der Waals surface area (Å²) in [5.74, 6) is -0.642. The second-order valence-corrected chi connectivity index (χ2v) is 4.63. The zero-order valence-corrected chi connectivity index (χ0v) is 11.3. The van der Waals surface area contributed by atoms with E-state index in [1.54, 1.807) is 13.0 Å². The van der Waals surface area contributed by atoms with Gasteiger partial charge in [-0.1, -0.05) is 11.6 Å². The lowest BCUT2D eigenvalue weighted by Crippen LogP contribution is -2.13. The van der Waals surface area contributed by atoms with Gasteiger partial charge >= 0.3 is 0 Å². The summed E-state index contributed by atoms with van der Waals surface area (Å²) in [6, 6.07) is 5.88. The van der Waals surface area contributed by atoms with E-state index in [1.165, 1.54) is 24.4 Å². The first-order valence-corrected chi connectivity index (χ1v) is 6.05. The molecular formula is C14H12ClFN2O. The molecule has 1 N–H and O–H groups in total. The van der Waals surface area contributed by atoms with Crippen LogP contribution >= 0.6 is 11.6 Å². The largest absolute Gasteiger partial charge is 0.320 e. The molecule has 98 valence electrons. The quantitative estimate of drug-likeness (QED) is 0.850. The fourth-order valence-corrected chi connectivity index (χ4v) is 1.85. The molecule has 0 fully saturated rings. The minimum Gasteiger partial charge on any atom is -0.320 e. The van der Waals surface area contributed by atoms with Crippen LogP contribution < -0.4 is 5.32 Å². The molecule has 0 atom stereocenters. The highest BCUT2D eigenvalue weighted by atomic mass is 35.5. The van der Waals surface area contributed by atoms with Gasteiger partial charge in [0.25, 0.3) is 5.91 Å². The number of amides is 1. The number of halogens is 2. The molecule has 0 aliphatic heterocycles. The molecule has 0 bridgehead atoms. The number of aryl methyl sites for hydroxylation is 2. The SMILES string of the molecule is Cc1cc(C(=O)Nc2cnc(Cl)cc2C)ccc1F. The van der Waals surface area contributed by atoms with Crippen molar-refractivity contribution in [3.8, 4) is 0 Å². The van der Waals surface area contributed by atoms with E-state index in [4.69, 9.17) is 11.6 Å². The Labute approximate surface area is 115 Å². The van der Waals surface area contributed by atoms with Gasteiger partial charge in [0.2, 0.25) is 0 Å². The summed E-state index contributed by atoms with van der Waals surface area (Å²) in [7, 11) is 0. The van der Waals surface area contributed by atoms with Crippen molar-refractivity contribution in [3.63, 3.8) is 0 Å². The number of carbonyl (C=O) groups is 1. The molecule has 1 amide bonds. The van der Waals surface area contributed by atoms with Crippen molar-refractivity contribution in [1.82, 2.24) is 4.98 Å². The maximum Gasteiger partial charge on any atom is 0.255 e. The van der Waals surface area contributed by atoms with Gasteiger partial charge in [-0.3, -0.25) is 4.79 Å². The van der Waals surface area contributed by atoms with Crippen molar-refractivity contribution in [2.45, 2.75) is 13.8 Å². The van der Waals surface area contributed by atoms with E-state index >= 15 is 0 Å². The summed E-state index contributed by atoms with van der Waals surface area (Å²) in [6.07, 6.45) is 1.49. The molecule has 0 saturated carbocycles. The van der Waals surface area contributed by atoms with E-state index in [0.717, 1.165) is 5.56 Å². The van der Waals surface area contributed by atoms with Crippen LogP contribution in [0, 0.1) is 19.7 Å². The third-order valence-electron chi connectivity index (χ3n) is 2.75. The number of hydrogen-bond acceptors (Lipinski definition) is 2. The van der Waals surface area contributed by atoms with E-state index in [1.807, 2.05) is 6.92 Å². The Hall–Kier alpha value is -1.94. The van der Waals surface area contributed by atoms with Crippen LogP contribution in [0.25, 0.3) is 0 Å². The molecule has 0 radical (unpaired) electrons. The molecule has 2 rings (SSSR count). The second-order valence-electron chi connectivity index (χ2n) is 4.24. The van der Waals surface area contributed by atoms with Crippen LogP contribution in [0.1, 0.15) is 21.5 Å². The average molecular weight is 279 g/mol. The molecule has 0 unspecified atom stereocenters. The number of nitrogens with one attached hydrogen (secondary N) is 1. The highest BCUT2D eigenvalue weighted by Gasteiger charge is 2.10. The molecule has 0 aliphatic carbocycles. The van der Waals surface area contributed by atoms with Crippen molar-refractivity contribution < 1.29 is 9.18 Å². The number of carbonyl (C=O) groups excluding carboxylic acids is 1. The minimum absolute atomic E-state index is 0.310. The van der Waals surface area contributed by atoms with E-state index in [2.05, 4.69) is 10.3 Å². The highest BCUT2D eigenvalue weighted by Crippen LogP contribution is 2.18. The number of nitrogens with zero attached hydrogens (tertiary/aromatic N) is 1. The minimum atomic E-state index is -0.333. The van der Waals surface area contributed by atoms with Gasteiger partial charge in [-0.2, -0.15) is 0 Å². The van der Waals surface area contributed by atoms with Gasteiger partial charge in [-0.25, -0.2) is 9.37 Å². The number of rotatable bonds is 2. The Balaban J connectivity index is 2.23. The topological polar surface area (TPSA) is 42.0 Å². The van der Waals surface area contributed by atoms with Crippen LogP contribution in [0.4, 0.5) is 10.1 Å². The molecule has 1 heterocycles. The zero-order chi connectivity index (χ0) is 14.0. The van der Waals surface area contributed by atoms with Crippen molar-refractivity contribution in [1.29, 1.82) is 0 Å². The van der Waals surface area contributed by atoms with Crippen molar-refractivity contribution >= 4 is 23.2 Å². The molecule has 5 heteroatoms. The Morgan fingerprint density at radius 2 is 2.00 bits per heavy atom. The monoisotopic (exact) mass is 278 g/mol. The van der Waals surface area contributed by atoms with Gasteiger partial charge < -0.3 is 5.32 Å². The van der Waals surface area contributed by atoms with Gasteiger partial charge in [-0.05, 0) is 49.2 Å². The van der Waals surface area contributed by atoms with E-state index in [9.17, 15) is 9.18 Å². The third-order valence-corrected chi connectivity index (χ3v) is 2.95. The first-order chi connectivity index (χ1) is 8.97. The standard InChI is InChI=1S/C14H12ClFN2O/c1-8-5-10(3-4-11(8)16)14(19)18-12-7-17-13(15)6-9(12)2/h3-7H,1-2H3,(H,18,19). The third kappa shape index (κ3) is 3.09. The zero-order valence-electron chi connectivity index (χ0n) is 10.5. The van der Waals surface area contributed by atoms with Gasteiger partial charge in [-0.15, -0.1) is 0 Å². The van der Waals surface area contributed by atoms with Gasteiger partial charge in [0.15, 0.2) is 0 Å². The lowest BCUT2D eigenvalue weighted by Gasteiger charge is -2.08. The van der Waals surface area contributed by atoms with Gasteiger partial charge in [0.1, 0.15) is 11.0 Å². The number of pyridine rings is 1. The number of benzene rings is 1.